The Balaban J connectivity index is 2.96. The number of hydrogen-bond acceptors (Lipinski definition) is 4. The van der Waals surface area contributed by atoms with Crippen molar-refractivity contribution in [2.45, 2.75) is 13.3 Å². The molecule has 1 aromatic rings. The van der Waals surface area contributed by atoms with E-state index in [9.17, 15) is 4.79 Å². The van der Waals surface area contributed by atoms with Gasteiger partial charge in [-0.2, -0.15) is 0 Å². The molecule has 5 nitrogen and oxygen atoms in total. The van der Waals surface area contributed by atoms with Crippen molar-refractivity contribution in [3.05, 3.63) is 18.0 Å². The minimum atomic E-state index is -1.07. The average molecular weight is 219 g/mol. The van der Waals surface area contributed by atoms with Crippen LogP contribution in [0.3, 0.4) is 0 Å². The van der Waals surface area contributed by atoms with Crippen LogP contribution in [0.5, 0.6) is 0 Å². The first-order chi connectivity index (χ1) is 7.69. The minimum Gasteiger partial charge on any atom is -0.477 e. The molecule has 1 heterocycles. The number of nitrogens with zero attached hydrogens (tertiary/aromatic N) is 3. The van der Waals surface area contributed by atoms with Crippen molar-refractivity contribution >= 4 is 11.9 Å². The van der Waals surface area contributed by atoms with E-state index in [1.165, 1.54) is 12.3 Å². The van der Waals surface area contributed by atoms with Crippen molar-refractivity contribution in [3.8, 4) is 12.3 Å². The smallest absolute Gasteiger partial charge is 0.354 e. The SMILES string of the molecule is C#CCN(CCC)c1nccc(C(=O)O)n1. The van der Waals surface area contributed by atoms with Crippen molar-refractivity contribution in [3.63, 3.8) is 0 Å². The van der Waals surface area contributed by atoms with Crippen LogP contribution in [-0.2, 0) is 0 Å². The highest BCUT2D eigenvalue weighted by molar-refractivity contribution is 5.85. The fourth-order valence-corrected chi connectivity index (χ4v) is 1.25. The molecule has 0 aliphatic rings. The average Bonchev–Trinajstić information content (AvgIpc) is 2.29. The van der Waals surface area contributed by atoms with Crippen LogP contribution in [0.2, 0.25) is 0 Å². The molecule has 0 unspecified atom stereocenters. The second kappa shape index (κ2) is 5.71. The fraction of sp³-hybridized carbons (Fsp3) is 0.364. The van der Waals surface area contributed by atoms with E-state index in [4.69, 9.17) is 11.5 Å². The van der Waals surface area contributed by atoms with E-state index in [2.05, 4.69) is 15.9 Å². The highest BCUT2D eigenvalue weighted by Gasteiger charge is 2.11. The molecule has 0 radical (unpaired) electrons. The lowest BCUT2D eigenvalue weighted by molar-refractivity contribution is 0.0690. The lowest BCUT2D eigenvalue weighted by atomic mass is 10.4. The van der Waals surface area contributed by atoms with Gasteiger partial charge in [0.2, 0.25) is 5.95 Å². The molecule has 0 saturated carbocycles. The summed E-state index contributed by atoms with van der Waals surface area (Å²) in [6.07, 6.45) is 7.54. The number of hydrogen-bond donors (Lipinski definition) is 1. The maximum absolute atomic E-state index is 10.7. The van der Waals surface area contributed by atoms with Crippen molar-refractivity contribution in [2.75, 3.05) is 18.0 Å². The second-order valence-corrected chi connectivity index (χ2v) is 3.17. The predicted octanol–water partition coefficient (Wildman–Crippen LogP) is 1.02. The summed E-state index contributed by atoms with van der Waals surface area (Å²) in [7, 11) is 0. The van der Waals surface area contributed by atoms with Crippen LogP contribution in [-0.4, -0.2) is 34.1 Å². The summed E-state index contributed by atoms with van der Waals surface area (Å²) < 4.78 is 0. The van der Waals surface area contributed by atoms with E-state index in [1.54, 1.807) is 4.90 Å². The summed E-state index contributed by atoms with van der Waals surface area (Å²) in [4.78, 5) is 20.5. The quantitative estimate of drug-likeness (QED) is 0.749. The third kappa shape index (κ3) is 2.95. The van der Waals surface area contributed by atoms with Gasteiger partial charge in [-0.15, -0.1) is 6.42 Å². The van der Waals surface area contributed by atoms with Crippen LogP contribution in [0.25, 0.3) is 0 Å². The molecule has 0 spiro atoms. The lowest BCUT2D eigenvalue weighted by Gasteiger charge is -2.18. The Morgan fingerprint density at radius 1 is 1.69 bits per heavy atom. The number of aromatic nitrogens is 2. The number of carboxylic acids is 1. The molecule has 84 valence electrons. The molecule has 0 aromatic carbocycles. The molecular weight excluding hydrogens is 206 g/mol. The van der Waals surface area contributed by atoms with Gasteiger partial charge in [0.1, 0.15) is 0 Å². The number of rotatable bonds is 5. The molecule has 0 aliphatic heterocycles. The Kier molecular flexibility index (Phi) is 4.28. The summed E-state index contributed by atoms with van der Waals surface area (Å²) >= 11 is 0. The number of terminal acetylenes is 1. The van der Waals surface area contributed by atoms with Crippen LogP contribution in [0.15, 0.2) is 12.3 Å². The first kappa shape index (κ1) is 12.0. The predicted molar refractivity (Wildman–Crippen MR) is 60.3 cm³/mol. The van der Waals surface area contributed by atoms with Crippen LogP contribution in [0.4, 0.5) is 5.95 Å². The Labute approximate surface area is 94.1 Å². The first-order valence-corrected chi connectivity index (χ1v) is 4.93. The van der Waals surface area contributed by atoms with Crippen LogP contribution < -0.4 is 4.90 Å². The minimum absolute atomic E-state index is 0.0249. The van der Waals surface area contributed by atoms with Gasteiger partial charge in [0.05, 0.1) is 6.54 Å². The molecule has 5 heteroatoms. The van der Waals surface area contributed by atoms with Gasteiger partial charge in [-0.05, 0) is 12.5 Å². The van der Waals surface area contributed by atoms with Gasteiger partial charge in [0.25, 0.3) is 0 Å². The van der Waals surface area contributed by atoms with Gasteiger partial charge >= 0.3 is 5.97 Å². The molecule has 0 fully saturated rings. The highest BCUT2D eigenvalue weighted by Crippen LogP contribution is 2.07. The molecule has 0 bridgehead atoms. The normalized spacial score (nSPS) is 9.50. The zero-order chi connectivity index (χ0) is 12.0. The highest BCUT2D eigenvalue weighted by atomic mass is 16.4. The Morgan fingerprint density at radius 2 is 2.44 bits per heavy atom. The Hall–Kier alpha value is -2.09. The fourth-order valence-electron chi connectivity index (χ4n) is 1.25. The Bertz CT molecular complexity index is 412. The third-order valence-electron chi connectivity index (χ3n) is 1.92. The molecule has 0 aliphatic carbocycles. The molecule has 0 saturated heterocycles. The number of anilines is 1. The summed E-state index contributed by atoms with van der Waals surface area (Å²) in [5.74, 6) is 1.79. The van der Waals surface area contributed by atoms with E-state index in [-0.39, 0.29) is 5.69 Å². The largest absolute Gasteiger partial charge is 0.477 e. The third-order valence-corrected chi connectivity index (χ3v) is 1.92. The van der Waals surface area contributed by atoms with Gasteiger partial charge < -0.3 is 10.0 Å². The first-order valence-electron chi connectivity index (χ1n) is 4.93. The lowest BCUT2D eigenvalue weighted by Crippen LogP contribution is -2.27. The number of carboxylic acid groups (broad SMARTS) is 1. The van der Waals surface area contributed by atoms with E-state index in [0.717, 1.165) is 6.42 Å². The maximum atomic E-state index is 10.7. The van der Waals surface area contributed by atoms with E-state index < -0.39 is 5.97 Å². The van der Waals surface area contributed by atoms with Gasteiger partial charge in [0, 0.05) is 12.7 Å². The van der Waals surface area contributed by atoms with Crippen molar-refractivity contribution < 1.29 is 9.90 Å². The summed E-state index contributed by atoms with van der Waals surface area (Å²) in [5.41, 5.74) is -0.0249. The standard InChI is InChI=1S/C11H13N3O2/c1-3-7-14(8-4-2)11-12-6-5-9(13-11)10(15)16/h1,5-6H,4,7-8H2,2H3,(H,15,16). The zero-order valence-corrected chi connectivity index (χ0v) is 9.05. The topological polar surface area (TPSA) is 66.3 Å². The van der Waals surface area contributed by atoms with Crippen LogP contribution in [0, 0.1) is 12.3 Å². The molecule has 0 amide bonds. The van der Waals surface area contributed by atoms with Gasteiger partial charge in [-0.3, -0.25) is 0 Å². The second-order valence-electron chi connectivity index (χ2n) is 3.17. The van der Waals surface area contributed by atoms with Gasteiger partial charge in [-0.1, -0.05) is 12.8 Å². The Morgan fingerprint density at radius 3 is 3.00 bits per heavy atom. The van der Waals surface area contributed by atoms with E-state index >= 15 is 0 Å². The number of aromatic carboxylic acids is 1. The van der Waals surface area contributed by atoms with Crippen molar-refractivity contribution in [2.24, 2.45) is 0 Å². The molecule has 1 rings (SSSR count). The summed E-state index contributed by atoms with van der Waals surface area (Å²) in [6.45, 7) is 3.08. The van der Waals surface area contributed by atoms with Crippen LogP contribution >= 0.6 is 0 Å². The van der Waals surface area contributed by atoms with Crippen molar-refractivity contribution in [1.82, 2.24) is 9.97 Å². The van der Waals surface area contributed by atoms with E-state index in [1.807, 2.05) is 6.92 Å². The molecular formula is C11H13N3O2. The van der Waals surface area contributed by atoms with Crippen LogP contribution in [0.1, 0.15) is 23.8 Å². The van der Waals surface area contributed by atoms with Gasteiger partial charge in [-0.25, -0.2) is 14.8 Å². The molecule has 0 atom stereocenters. The summed E-state index contributed by atoms with van der Waals surface area (Å²) in [5, 5.41) is 8.80. The molecule has 1 N–H and O–H groups in total. The monoisotopic (exact) mass is 219 g/mol. The van der Waals surface area contributed by atoms with Gasteiger partial charge in [0.15, 0.2) is 5.69 Å². The molecule has 1 aromatic heterocycles. The summed E-state index contributed by atoms with van der Waals surface area (Å²) in [6, 6.07) is 1.35. The van der Waals surface area contributed by atoms with Crippen molar-refractivity contribution in [1.29, 1.82) is 0 Å². The van der Waals surface area contributed by atoms with E-state index in [0.29, 0.717) is 19.0 Å². The zero-order valence-electron chi connectivity index (χ0n) is 9.05. The molecule has 16 heavy (non-hydrogen) atoms. The maximum Gasteiger partial charge on any atom is 0.354 e. The number of carbonyl (C=O) groups is 1.